The van der Waals surface area contributed by atoms with Gasteiger partial charge in [-0.2, -0.15) is 52.7 Å². The maximum Gasteiger partial charge on any atom is 0.448 e. The molecule has 21 heteroatoms. The topological polar surface area (TPSA) is 101 Å². The van der Waals surface area contributed by atoms with Gasteiger partial charge in [-0.15, -0.1) is 4.13 Å². The van der Waals surface area contributed by atoms with Crippen LogP contribution in [0.3, 0.4) is 0 Å². The number of hydrogen-bond donors (Lipinski definition) is 2. The Morgan fingerprint density at radius 3 is 1.39 bits per heavy atom. The highest BCUT2D eigenvalue weighted by Crippen LogP contribution is 2.50. The summed E-state index contributed by atoms with van der Waals surface area (Å²) in [5.74, 6) is 0. The predicted molar refractivity (Wildman–Crippen MR) is 79.8 cm³/mol. The van der Waals surface area contributed by atoms with Gasteiger partial charge in [-0.25, -0.2) is 21.2 Å². The van der Waals surface area contributed by atoms with Gasteiger partial charge < -0.3 is 5.11 Å². The molecule has 0 aromatic heterocycles. The largest absolute Gasteiger partial charge is 0.448 e. The molecule has 0 atom stereocenters. The van der Waals surface area contributed by atoms with Crippen LogP contribution in [0.4, 0.5) is 57.1 Å². The first-order valence-corrected chi connectivity index (χ1v) is 10.1. The van der Waals surface area contributed by atoms with Gasteiger partial charge in [-0.1, -0.05) is 0 Å². The summed E-state index contributed by atoms with van der Waals surface area (Å²) < 4.78 is 211. The minimum Gasteiger partial charge on any atom is -0.400 e. The summed E-state index contributed by atoms with van der Waals surface area (Å²) >= 11 is 0. The van der Waals surface area contributed by atoms with Crippen molar-refractivity contribution in [1.29, 1.82) is 0 Å². The zero-order chi connectivity index (χ0) is 27.1. The molecule has 0 saturated heterocycles. The van der Waals surface area contributed by atoms with Crippen molar-refractivity contribution in [2.45, 2.75) is 34.6 Å². The van der Waals surface area contributed by atoms with Crippen molar-refractivity contribution < 1.29 is 79.0 Å². The second kappa shape index (κ2) is 9.06. The van der Waals surface area contributed by atoms with Crippen molar-refractivity contribution >= 4 is 20.0 Å². The van der Waals surface area contributed by atoms with Gasteiger partial charge in [0.15, 0.2) is 0 Å². The Labute approximate surface area is 175 Å². The van der Waals surface area contributed by atoms with E-state index in [-0.39, 0.29) is 6.07 Å². The molecular weight excluding hydrogens is 549 g/mol. The summed E-state index contributed by atoms with van der Waals surface area (Å²) in [7, 11) is -13.7. The summed E-state index contributed by atoms with van der Waals surface area (Å²) in [6.45, 7) is 0. The van der Waals surface area contributed by atoms with Crippen molar-refractivity contribution in [2.24, 2.45) is 0 Å². The number of aliphatic hydroxyl groups is 1. The Balaban J connectivity index is 0.00000497. The first-order valence-electron chi connectivity index (χ1n) is 7.13. The van der Waals surface area contributed by atoms with E-state index in [9.17, 15) is 73.9 Å². The number of aliphatic hydroxyl groups excluding tert-OH is 1. The lowest BCUT2D eigenvalue weighted by molar-refractivity contribution is -0.306. The third kappa shape index (κ3) is 6.18. The Bertz CT molecular complexity index is 1040. The van der Waals surface area contributed by atoms with Gasteiger partial charge >= 0.3 is 29.7 Å². The van der Waals surface area contributed by atoms with E-state index in [2.05, 4.69) is 0 Å². The number of hydrogen-bond acceptors (Lipinski definition) is 5. The molecule has 6 nitrogen and oxygen atoms in total. The van der Waals surface area contributed by atoms with Crippen molar-refractivity contribution in [1.82, 2.24) is 4.13 Å². The Morgan fingerprint density at radius 2 is 1.09 bits per heavy atom. The number of sulfonamides is 2. The molecule has 1 aromatic carbocycles. The average molecular weight is 557 g/mol. The van der Waals surface area contributed by atoms with Gasteiger partial charge in [-0.05, 0) is 18.2 Å². The summed E-state index contributed by atoms with van der Waals surface area (Å²) in [5.41, 5.74) is -4.82. The molecule has 0 heterocycles. The predicted octanol–water partition coefficient (Wildman–Crippen LogP) is 3.73. The van der Waals surface area contributed by atoms with Crippen LogP contribution < -0.4 is 4.13 Å². The molecule has 0 aliphatic heterocycles. The van der Waals surface area contributed by atoms with Crippen LogP contribution in [-0.4, -0.2) is 46.4 Å². The number of halogens is 13. The van der Waals surface area contributed by atoms with Gasteiger partial charge in [0.1, 0.15) is 0 Å². The van der Waals surface area contributed by atoms with E-state index in [0.717, 1.165) is 7.11 Å². The van der Waals surface area contributed by atoms with Crippen molar-refractivity contribution in [3.05, 3.63) is 29.3 Å². The number of benzene rings is 1. The zero-order valence-electron chi connectivity index (χ0n) is 15.0. The molecule has 0 amide bonds. The lowest BCUT2D eigenvalue weighted by atomic mass is 10.1. The minimum absolute atomic E-state index is 0.360. The molecule has 0 saturated carbocycles. The quantitative estimate of drug-likeness (QED) is 0.550. The summed E-state index contributed by atoms with van der Waals surface area (Å²) in [6.07, 6.45) is -26.3. The highest BCUT2D eigenvalue weighted by atomic mass is 32.3. The highest BCUT2D eigenvalue weighted by molar-refractivity contribution is 8.05. The van der Waals surface area contributed by atoms with E-state index in [0.29, 0.717) is 0 Å². The molecule has 0 aliphatic carbocycles. The van der Waals surface area contributed by atoms with Gasteiger partial charge in [0, 0.05) is 7.11 Å². The van der Waals surface area contributed by atoms with Gasteiger partial charge in [0.2, 0.25) is 0 Å². The fourth-order valence-electron chi connectivity index (χ4n) is 1.87. The van der Waals surface area contributed by atoms with Crippen LogP contribution in [0, 0.1) is 0 Å². The van der Waals surface area contributed by atoms with E-state index in [1.165, 1.54) is 0 Å². The number of nitrogens with one attached hydrogen (secondary N) is 1. The average Bonchev–Trinajstić information content (AvgIpc) is 2.57. The second-order valence-corrected chi connectivity index (χ2v) is 9.07. The summed E-state index contributed by atoms with van der Waals surface area (Å²) in [6, 6.07) is -1.86. The SMILES string of the molecule is CO.O=S(=O)(NS(=O)(=O)C(F)(C(F)(F)F)C(F)(F)F)c1cc(C(F)(F)F)ccc1C(F)(F)F. The third-order valence-corrected chi connectivity index (χ3v) is 7.10. The van der Waals surface area contributed by atoms with Crippen LogP contribution in [-0.2, 0) is 32.4 Å². The van der Waals surface area contributed by atoms with Crippen LogP contribution >= 0.6 is 0 Å². The van der Waals surface area contributed by atoms with Crippen LogP contribution in [0.2, 0.25) is 0 Å². The fourth-order valence-corrected chi connectivity index (χ4v) is 5.21. The molecule has 0 radical (unpaired) electrons. The Morgan fingerprint density at radius 1 is 0.697 bits per heavy atom. The number of alkyl halides is 13. The molecule has 0 spiro atoms. The third-order valence-electron chi connectivity index (χ3n) is 3.22. The minimum atomic E-state index is -7.86. The highest BCUT2D eigenvalue weighted by Gasteiger charge is 2.81. The van der Waals surface area contributed by atoms with Crippen LogP contribution in [0.1, 0.15) is 11.1 Å². The van der Waals surface area contributed by atoms with Gasteiger partial charge in [-0.3, -0.25) is 0 Å². The first kappa shape index (κ1) is 31.1. The maximum atomic E-state index is 13.7. The van der Waals surface area contributed by atoms with Gasteiger partial charge in [0.05, 0.1) is 16.0 Å². The lowest BCUT2D eigenvalue weighted by Gasteiger charge is -2.29. The molecule has 1 aromatic rings. The standard InChI is InChI=1S/C11H4F13NO4S2.CH4O/c12-7(13,14)4-1-2-5(8(15,16)17)6(3-4)30(26,27)25-31(28,29)9(18,10(19,20)21)11(22,23)24;1-2/h1-3,25H;2H,1H3. The van der Waals surface area contributed by atoms with Crippen molar-refractivity contribution in [2.75, 3.05) is 7.11 Å². The smallest absolute Gasteiger partial charge is 0.400 e. The van der Waals surface area contributed by atoms with Gasteiger partial charge in [0.25, 0.3) is 20.0 Å². The molecule has 0 bridgehead atoms. The molecule has 2 N–H and O–H groups in total. The van der Waals surface area contributed by atoms with Crippen molar-refractivity contribution in [3.63, 3.8) is 0 Å². The molecule has 33 heavy (non-hydrogen) atoms. The van der Waals surface area contributed by atoms with E-state index >= 15 is 0 Å². The van der Waals surface area contributed by atoms with Crippen LogP contribution in [0.15, 0.2) is 23.1 Å². The first-order chi connectivity index (χ1) is 14.3. The normalized spacial score (nSPS) is 14.5. The summed E-state index contributed by atoms with van der Waals surface area (Å²) in [5, 5.41) is -0.361. The molecule has 0 unspecified atom stereocenters. The van der Waals surface area contributed by atoms with E-state index in [1.54, 1.807) is 0 Å². The van der Waals surface area contributed by atoms with Crippen LogP contribution in [0.25, 0.3) is 0 Å². The Hall–Kier alpha value is -1.87. The maximum absolute atomic E-state index is 13.7. The molecular formula is C12H8F13NO5S2. The monoisotopic (exact) mass is 557 g/mol. The Kier molecular flexibility index (Phi) is 8.54. The zero-order valence-corrected chi connectivity index (χ0v) is 16.7. The summed E-state index contributed by atoms with van der Waals surface area (Å²) in [4.78, 5) is -2.73. The lowest BCUT2D eigenvalue weighted by Crippen LogP contribution is -2.62. The fraction of sp³-hybridized carbons (Fsp3) is 0.500. The van der Waals surface area contributed by atoms with E-state index in [4.69, 9.17) is 5.11 Å². The molecule has 1 rings (SSSR count). The molecule has 0 fully saturated rings. The van der Waals surface area contributed by atoms with Crippen molar-refractivity contribution in [3.8, 4) is 0 Å². The second-order valence-electron chi connectivity index (χ2n) is 5.39. The number of rotatable bonds is 4. The molecule has 194 valence electrons. The van der Waals surface area contributed by atoms with E-state index in [1.807, 2.05) is 0 Å². The van der Waals surface area contributed by atoms with E-state index < -0.39 is 82.0 Å². The van der Waals surface area contributed by atoms with Crippen LogP contribution in [0.5, 0.6) is 0 Å². The molecule has 0 aliphatic rings.